The lowest BCUT2D eigenvalue weighted by atomic mass is 10.3. The average Bonchev–Trinajstić information content (AvgIpc) is 2.08. The van der Waals surface area contributed by atoms with Gasteiger partial charge in [0.15, 0.2) is 11.6 Å². The van der Waals surface area contributed by atoms with E-state index in [9.17, 15) is 18.0 Å². The van der Waals surface area contributed by atoms with Gasteiger partial charge in [-0.2, -0.15) is 8.78 Å². The van der Waals surface area contributed by atoms with E-state index in [-0.39, 0.29) is 5.75 Å². The minimum atomic E-state index is -3.05. The van der Waals surface area contributed by atoms with Crippen molar-refractivity contribution in [3.05, 3.63) is 24.0 Å². The molecule has 0 saturated heterocycles. The molecule has 0 unspecified atom stereocenters. The lowest BCUT2D eigenvalue weighted by Gasteiger charge is -2.06. The van der Waals surface area contributed by atoms with Crippen LogP contribution in [0.25, 0.3) is 0 Å². The third-order valence-corrected chi connectivity index (χ3v) is 1.40. The summed E-state index contributed by atoms with van der Waals surface area (Å²) in [5.74, 6) is -1.87. The molecule has 0 aromatic heterocycles. The smallest absolute Gasteiger partial charge is 0.409 e. The summed E-state index contributed by atoms with van der Waals surface area (Å²) in [6.45, 7) is -3.05. The predicted molar refractivity (Wildman–Crippen MR) is 44.9 cm³/mol. The maximum atomic E-state index is 13.0. The number of alkyl halides is 2. The maximum Gasteiger partial charge on any atom is 0.409 e. The van der Waals surface area contributed by atoms with Gasteiger partial charge < -0.3 is 9.47 Å². The summed E-state index contributed by atoms with van der Waals surface area (Å²) in [7, 11) is 0. The van der Waals surface area contributed by atoms with Crippen LogP contribution in [0.5, 0.6) is 11.5 Å². The summed E-state index contributed by atoms with van der Waals surface area (Å²) < 4.78 is 44.5. The van der Waals surface area contributed by atoms with Crippen LogP contribution in [0.15, 0.2) is 18.2 Å². The minimum Gasteiger partial charge on any atom is -0.435 e. The molecule has 0 aliphatic heterocycles. The first-order chi connectivity index (χ1) is 6.99. The van der Waals surface area contributed by atoms with E-state index in [0.29, 0.717) is 6.07 Å². The molecule has 0 atom stereocenters. The van der Waals surface area contributed by atoms with E-state index >= 15 is 0 Å². The van der Waals surface area contributed by atoms with Crippen LogP contribution < -0.4 is 9.47 Å². The van der Waals surface area contributed by atoms with E-state index in [2.05, 4.69) is 9.47 Å². The lowest BCUT2D eigenvalue weighted by Crippen LogP contribution is -2.03. The van der Waals surface area contributed by atoms with Crippen molar-refractivity contribution in [1.82, 2.24) is 0 Å². The van der Waals surface area contributed by atoms with Crippen molar-refractivity contribution in [2.24, 2.45) is 0 Å². The fourth-order valence-corrected chi connectivity index (χ4v) is 0.910. The topological polar surface area (TPSA) is 35.5 Å². The second-order valence-electron chi connectivity index (χ2n) is 2.31. The SMILES string of the molecule is O=C(Cl)Oc1ccc(OC(F)F)cc1F. The molecule has 0 amide bonds. The minimum absolute atomic E-state index is 0.378. The number of hydrogen-bond donors (Lipinski definition) is 0. The van der Waals surface area contributed by atoms with Gasteiger partial charge in [-0.05, 0) is 12.1 Å². The second kappa shape index (κ2) is 4.88. The fourth-order valence-electron chi connectivity index (χ4n) is 0.827. The zero-order chi connectivity index (χ0) is 11.4. The average molecular weight is 241 g/mol. The zero-order valence-corrected chi connectivity index (χ0v) is 7.80. The molecule has 0 saturated carbocycles. The molecule has 7 heteroatoms. The fraction of sp³-hybridized carbons (Fsp3) is 0.125. The van der Waals surface area contributed by atoms with Gasteiger partial charge in [-0.25, -0.2) is 9.18 Å². The summed E-state index contributed by atoms with van der Waals surface area (Å²) in [6, 6.07) is 2.62. The maximum absolute atomic E-state index is 13.0. The number of ether oxygens (including phenoxy) is 2. The molecule has 82 valence electrons. The van der Waals surface area contributed by atoms with Crippen LogP contribution in [0.1, 0.15) is 0 Å². The van der Waals surface area contributed by atoms with Crippen LogP contribution in [0, 0.1) is 5.82 Å². The Morgan fingerprint density at radius 2 is 2.07 bits per heavy atom. The molecule has 0 bridgehead atoms. The van der Waals surface area contributed by atoms with E-state index in [4.69, 9.17) is 11.6 Å². The van der Waals surface area contributed by atoms with Gasteiger partial charge in [0.25, 0.3) is 0 Å². The van der Waals surface area contributed by atoms with Crippen molar-refractivity contribution in [1.29, 1.82) is 0 Å². The molecule has 3 nitrogen and oxygen atoms in total. The quantitative estimate of drug-likeness (QED) is 0.762. The Hall–Kier alpha value is -1.43. The molecule has 0 aliphatic rings. The number of carbonyl (C=O) groups excluding carboxylic acids is 1. The Morgan fingerprint density at radius 1 is 1.40 bits per heavy atom. The highest BCUT2D eigenvalue weighted by atomic mass is 35.5. The highest BCUT2D eigenvalue weighted by Crippen LogP contribution is 2.24. The molecule has 1 aromatic rings. The normalized spacial score (nSPS) is 10.2. The van der Waals surface area contributed by atoms with Crippen LogP contribution in [-0.4, -0.2) is 12.0 Å². The molecule has 1 aromatic carbocycles. The Morgan fingerprint density at radius 3 is 2.53 bits per heavy atom. The van der Waals surface area contributed by atoms with Gasteiger partial charge in [-0.15, -0.1) is 0 Å². The molecule has 0 fully saturated rings. The van der Waals surface area contributed by atoms with E-state index in [1.54, 1.807) is 0 Å². The molecule has 0 N–H and O–H groups in total. The van der Waals surface area contributed by atoms with Gasteiger partial charge >= 0.3 is 12.0 Å². The summed E-state index contributed by atoms with van der Waals surface area (Å²) in [6.07, 6.45) is 0. The zero-order valence-electron chi connectivity index (χ0n) is 7.05. The van der Waals surface area contributed by atoms with Crippen molar-refractivity contribution in [3.8, 4) is 11.5 Å². The van der Waals surface area contributed by atoms with Gasteiger partial charge in [0.1, 0.15) is 5.75 Å². The molecule has 0 spiro atoms. The monoisotopic (exact) mass is 240 g/mol. The Kier molecular flexibility index (Phi) is 3.79. The van der Waals surface area contributed by atoms with E-state index in [1.807, 2.05) is 0 Å². The van der Waals surface area contributed by atoms with Crippen LogP contribution in [-0.2, 0) is 0 Å². The summed E-state index contributed by atoms with van der Waals surface area (Å²) in [5, 5.41) is 0. The largest absolute Gasteiger partial charge is 0.435 e. The predicted octanol–water partition coefficient (Wildman–Crippen LogP) is 3.16. The number of benzene rings is 1. The van der Waals surface area contributed by atoms with Crippen molar-refractivity contribution in [2.45, 2.75) is 6.61 Å². The first kappa shape index (κ1) is 11.6. The van der Waals surface area contributed by atoms with Crippen molar-refractivity contribution in [2.75, 3.05) is 0 Å². The lowest BCUT2D eigenvalue weighted by molar-refractivity contribution is -0.0500. The van der Waals surface area contributed by atoms with Gasteiger partial charge in [-0.3, -0.25) is 0 Å². The molecule has 1 rings (SSSR count). The number of rotatable bonds is 3. The van der Waals surface area contributed by atoms with E-state index in [1.165, 1.54) is 0 Å². The third-order valence-electron chi connectivity index (χ3n) is 1.32. The van der Waals surface area contributed by atoms with Gasteiger partial charge in [0.05, 0.1) is 0 Å². The van der Waals surface area contributed by atoms with Crippen molar-refractivity contribution < 1.29 is 27.4 Å². The van der Waals surface area contributed by atoms with Gasteiger partial charge in [0.2, 0.25) is 0 Å². The summed E-state index contributed by atoms with van der Waals surface area (Å²) >= 11 is 4.83. The van der Waals surface area contributed by atoms with Gasteiger partial charge in [0, 0.05) is 17.7 Å². The molecular formula is C8H4ClF3O3. The Bertz CT molecular complexity index is 370. The first-order valence-corrected chi connectivity index (χ1v) is 3.98. The summed E-state index contributed by atoms with van der Waals surface area (Å²) in [4.78, 5) is 10.3. The van der Waals surface area contributed by atoms with E-state index < -0.39 is 23.6 Å². The summed E-state index contributed by atoms with van der Waals surface area (Å²) in [5.41, 5.74) is -1.23. The molecule has 0 heterocycles. The highest BCUT2D eigenvalue weighted by Gasteiger charge is 2.10. The molecule has 0 aliphatic carbocycles. The third kappa shape index (κ3) is 3.67. The Labute approximate surface area is 87.3 Å². The van der Waals surface area contributed by atoms with Crippen LogP contribution in [0.4, 0.5) is 18.0 Å². The second-order valence-corrected chi connectivity index (χ2v) is 2.62. The van der Waals surface area contributed by atoms with Crippen LogP contribution in [0.2, 0.25) is 0 Å². The first-order valence-electron chi connectivity index (χ1n) is 3.60. The number of halogens is 4. The van der Waals surface area contributed by atoms with E-state index in [0.717, 1.165) is 12.1 Å². The number of carbonyl (C=O) groups is 1. The van der Waals surface area contributed by atoms with Crippen LogP contribution >= 0.6 is 11.6 Å². The van der Waals surface area contributed by atoms with Crippen molar-refractivity contribution in [3.63, 3.8) is 0 Å². The standard InChI is InChI=1S/C8H4ClF3O3/c9-7(13)15-6-2-1-4(3-5(6)10)14-8(11)12/h1-3,8H. The highest BCUT2D eigenvalue weighted by molar-refractivity contribution is 6.61. The molecule has 15 heavy (non-hydrogen) atoms. The van der Waals surface area contributed by atoms with Crippen molar-refractivity contribution >= 4 is 17.0 Å². The number of hydrogen-bond acceptors (Lipinski definition) is 3. The van der Waals surface area contributed by atoms with Crippen LogP contribution in [0.3, 0.4) is 0 Å². The van der Waals surface area contributed by atoms with Gasteiger partial charge in [-0.1, -0.05) is 0 Å². The Balaban J connectivity index is 2.83. The molecule has 0 radical (unpaired) electrons. The molecular weight excluding hydrogens is 237 g/mol.